The Kier molecular flexibility index (Phi) is 2.22. The zero-order valence-corrected chi connectivity index (χ0v) is 8.95. The largest absolute Gasteiger partial charge is 0.482 e. The lowest BCUT2D eigenvalue weighted by Gasteiger charge is -2.28. The molecule has 1 aromatic rings. The number of rotatable bonds is 1. The van der Waals surface area contributed by atoms with Crippen molar-refractivity contribution in [2.75, 3.05) is 0 Å². The minimum Gasteiger partial charge on any atom is -0.482 e. The van der Waals surface area contributed by atoms with Crippen LogP contribution in [0, 0.1) is 5.82 Å². The average molecular weight is 222 g/mol. The van der Waals surface area contributed by atoms with E-state index in [0.29, 0.717) is 5.56 Å². The first-order valence-electron chi connectivity index (χ1n) is 4.84. The summed E-state index contributed by atoms with van der Waals surface area (Å²) in [5.41, 5.74) is -0.265. The first-order chi connectivity index (χ1) is 7.39. The second-order valence-electron chi connectivity index (χ2n) is 4.22. The number of fused-ring (bicyclic) bond motifs is 1. The van der Waals surface area contributed by atoms with Crippen LogP contribution >= 0.6 is 0 Å². The molecular formula is C12H11FO3. The summed E-state index contributed by atoms with van der Waals surface area (Å²) >= 11 is 0. The highest BCUT2D eigenvalue weighted by molar-refractivity contribution is 5.93. The van der Waals surface area contributed by atoms with Gasteiger partial charge in [0.1, 0.15) is 22.7 Å². The van der Waals surface area contributed by atoms with Crippen LogP contribution in [0.25, 0.3) is 6.08 Å². The van der Waals surface area contributed by atoms with Crippen molar-refractivity contribution in [1.82, 2.24) is 0 Å². The van der Waals surface area contributed by atoms with E-state index in [0.717, 1.165) is 6.07 Å². The van der Waals surface area contributed by atoms with E-state index in [1.54, 1.807) is 26.0 Å². The highest BCUT2D eigenvalue weighted by Crippen LogP contribution is 2.34. The van der Waals surface area contributed by atoms with Gasteiger partial charge in [0.2, 0.25) is 0 Å². The number of benzene rings is 1. The summed E-state index contributed by atoms with van der Waals surface area (Å²) < 4.78 is 18.7. The van der Waals surface area contributed by atoms with Crippen molar-refractivity contribution >= 4 is 12.0 Å². The van der Waals surface area contributed by atoms with Gasteiger partial charge in [0.15, 0.2) is 0 Å². The fourth-order valence-electron chi connectivity index (χ4n) is 1.60. The van der Waals surface area contributed by atoms with E-state index in [1.807, 2.05) is 0 Å². The van der Waals surface area contributed by atoms with Gasteiger partial charge in [0.25, 0.3) is 0 Å². The summed E-state index contributed by atoms with van der Waals surface area (Å²) in [5, 5.41) is 8.96. The average Bonchev–Trinajstić information content (AvgIpc) is 2.16. The van der Waals surface area contributed by atoms with Crippen LogP contribution in [0.1, 0.15) is 29.8 Å². The van der Waals surface area contributed by atoms with E-state index in [1.165, 1.54) is 6.07 Å². The highest BCUT2D eigenvalue weighted by Gasteiger charge is 2.26. The summed E-state index contributed by atoms with van der Waals surface area (Å²) in [4.78, 5) is 11.0. The van der Waals surface area contributed by atoms with Gasteiger partial charge >= 0.3 is 5.97 Å². The number of aromatic carboxylic acids is 1. The van der Waals surface area contributed by atoms with Gasteiger partial charge in [0, 0.05) is 5.56 Å². The zero-order chi connectivity index (χ0) is 11.9. The number of carboxylic acid groups (broad SMARTS) is 1. The minimum absolute atomic E-state index is 0.146. The molecule has 1 N–H and O–H groups in total. The van der Waals surface area contributed by atoms with Crippen LogP contribution in [-0.2, 0) is 0 Å². The van der Waals surface area contributed by atoms with Crippen LogP contribution in [-0.4, -0.2) is 16.7 Å². The first-order valence-corrected chi connectivity index (χ1v) is 4.84. The molecule has 1 aromatic carbocycles. The summed E-state index contributed by atoms with van der Waals surface area (Å²) in [6, 6.07) is 2.23. The fraction of sp³-hybridized carbons (Fsp3) is 0.250. The Morgan fingerprint density at radius 2 is 2.12 bits per heavy atom. The Labute approximate surface area is 92.2 Å². The second kappa shape index (κ2) is 3.33. The predicted molar refractivity (Wildman–Crippen MR) is 57.1 cm³/mol. The molecule has 0 unspecified atom stereocenters. The molecule has 1 heterocycles. The standard InChI is InChI=1S/C12H11FO3/c1-12(2)4-3-7-5-8(13)6-9(11(14)15)10(7)16-12/h3-6H,1-2H3,(H,14,15). The van der Waals surface area contributed by atoms with Crippen LogP contribution in [0.2, 0.25) is 0 Å². The Balaban J connectivity index is 2.63. The molecule has 0 radical (unpaired) electrons. The smallest absolute Gasteiger partial charge is 0.339 e. The molecule has 0 bridgehead atoms. The Morgan fingerprint density at radius 1 is 1.44 bits per heavy atom. The molecule has 0 aliphatic carbocycles. The SMILES string of the molecule is CC1(C)C=Cc2cc(F)cc(C(=O)O)c2O1. The molecular weight excluding hydrogens is 211 g/mol. The number of hydrogen-bond donors (Lipinski definition) is 1. The van der Waals surface area contributed by atoms with Gasteiger partial charge in [-0.25, -0.2) is 9.18 Å². The molecule has 0 amide bonds. The third-order valence-corrected chi connectivity index (χ3v) is 2.34. The van der Waals surface area contributed by atoms with E-state index < -0.39 is 17.4 Å². The quantitative estimate of drug-likeness (QED) is 0.794. The predicted octanol–water partition coefficient (Wildman–Crippen LogP) is 2.71. The lowest BCUT2D eigenvalue weighted by molar-refractivity contribution is 0.0684. The lowest BCUT2D eigenvalue weighted by atomic mass is 9.99. The third kappa shape index (κ3) is 1.78. The van der Waals surface area contributed by atoms with E-state index in [2.05, 4.69) is 0 Å². The number of halogens is 1. The summed E-state index contributed by atoms with van der Waals surface area (Å²) in [6.07, 6.45) is 3.44. The molecule has 2 rings (SSSR count). The van der Waals surface area contributed by atoms with E-state index >= 15 is 0 Å². The zero-order valence-electron chi connectivity index (χ0n) is 8.95. The lowest BCUT2D eigenvalue weighted by Crippen LogP contribution is -2.28. The monoisotopic (exact) mass is 222 g/mol. The molecule has 3 nitrogen and oxygen atoms in total. The molecule has 0 saturated heterocycles. The molecule has 0 aromatic heterocycles. The van der Waals surface area contributed by atoms with Gasteiger partial charge in [-0.15, -0.1) is 0 Å². The molecule has 84 valence electrons. The molecule has 0 fully saturated rings. The maximum atomic E-state index is 13.2. The van der Waals surface area contributed by atoms with Crippen molar-refractivity contribution in [2.45, 2.75) is 19.4 Å². The van der Waals surface area contributed by atoms with E-state index in [9.17, 15) is 9.18 Å². The van der Waals surface area contributed by atoms with Crippen molar-refractivity contribution in [3.05, 3.63) is 35.2 Å². The number of carboxylic acids is 1. The molecule has 0 atom stereocenters. The van der Waals surface area contributed by atoms with Crippen molar-refractivity contribution in [3.8, 4) is 5.75 Å². The van der Waals surface area contributed by atoms with Gasteiger partial charge in [0.05, 0.1) is 0 Å². The van der Waals surface area contributed by atoms with Gasteiger partial charge < -0.3 is 9.84 Å². The number of ether oxygens (including phenoxy) is 1. The number of carbonyl (C=O) groups is 1. The second-order valence-corrected chi connectivity index (χ2v) is 4.22. The molecule has 4 heteroatoms. The van der Waals surface area contributed by atoms with Crippen LogP contribution < -0.4 is 4.74 Å². The van der Waals surface area contributed by atoms with Crippen molar-refractivity contribution in [3.63, 3.8) is 0 Å². The maximum Gasteiger partial charge on any atom is 0.339 e. The van der Waals surface area contributed by atoms with Crippen molar-refractivity contribution < 1.29 is 19.0 Å². The van der Waals surface area contributed by atoms with Crippen LogP contribution in [0.3, 0.4) is 0 Å². The molecule has 16 heavy (non-hydrogen) atoms. The normalized spacial score (nSPS) is 16.4. The molecule has 0 spiro atoms. The topological polar surface area (TPSA) is 46.5 Å². The van der Waals surface area contributed by atoms with Gasteiger partial charge in [-0.2, -0.15) is 0 Å². The summed E-state index contributed by atoms with van der Waals surface area (Å²) in [6.45, 7) is 3.61. The highest BCUT2D eigenvalue weighted by atomic mass is 19.1. The molecule has 0 saturated carbocycles. The fourth-order valence-corrected chi connectivity index (χ4v) is 1.60. The minimum atomic E-state index is -1.19. The van der Waals surface area contributed by atoms with Gasteiger partial charge in [-0.05, 0) is 32.1 Å². The van der Waals surface area contributed by atoms with Gasteiger partial charge in [-0.3, -0.25) is 0 Å². The van der Waals surface area contributed by atoms with Crippen LogP contribution in [0.4, 0.5) is 4.39 Å². The third-order valence-electron chi connectivity index (χ3n) is 2.34. The van der Waals surface area contributed by atoms with E-state index in [4.69, 9.17) is 9.84 Å². The van der Waals surface area contributed by atoms with Crippen LogP contribution in [0.15, 0.2) is 18.2 Å². The maximum absolute atomic E-state index is 13.2. The van der Waals surface area contributed by atoms with Crippen molar-refractivity contribution in [1.29, 1.82) is 0 Å². The van der Waals surface area contributed by atoms with Gasteiger partial charge in [-0.1, -0.05) is 6.08 Å². The Hall–Kier alpha value is -1.84. The Bertz CT molecular complexity index is 489. The summed E-state index contributed by atoms with van der Waals surface area (Å²) in [7, 11) is 0. The van der Waals surface area contributed by atoms with Crippen molar-refractivity contribution in [2.24, 2.45) is 0 Å². The first kappa shape index (κ1) is 10.7. The van der Waals surface area contributed by atoms with E-state index in [-0.39, 0.29) is 11.3 Å². The van der Waals surface area contributed by atoms with Crippen LogP contribution in [0.5, 0.6) is 5.75 Å². The Morgan fingerprint density at radius 3 is 2.75 bits per heavy atom. The molecule has 1 aliphatic heterocycles. The molecule has 1 aliphatic rings. The summed E-state index contributed by atoms with van der Waals surface area (Å²) in [5.74, 6) is -1.55. The number of hydrogen-bond acceptors (Lipinski definition) is 2.